The van der Waals surface area contributed by atoms with Crippen molar-refractivity contribution in [2.75, 3.05) is 0 Å². The summed E-state index contributed by atoms with van der Waals surface area (Å²) in [7, 11) is 0. The van der Waals surface area contributed by atoms with Gasteiger partial charge in [-0.05, 0) is 0 Å². The maximum atomic E-state index is 9.06. The largest absolute Gasteiger partial charge is 0.214 e. The molecule has 0 saturated carbocycles. The molecule has 0 fully saturated rings. The van der Waals surface area contributed by atoms with Gasteiger partial charge in [-0.2, -0.15) is 36.4 Å². The Balaban J connectivity index is 0.000000196. The standard InChI is InChI=1S/2C5H5.2CO.V/c2*1-2-4-5-3-1;2*1-2;/h2*1-5H;;;/q2*-1;;;. The van der Waals surface area contributed by atoms with E-state index in [9.17, 15) is 0 Å². The van der Waals surface area contributed by atoms with Gasteiger partial charge in [-0.3, -0.25) is 0 Å². The second kappa shape index (κ2) is 12.4. The third-order valence-electron chi connectivity index (χ3n) is 1.20. The topological polar surface area (TPSA) is 34.1 Å². The molecule has 77 valence electrons. The molecule has 0 radical (unpaired) electrons. The predicted molar refractivity (Wildman–Crippen MR) is 55.5 cm³/mol. The molecule has 0 N–H and O–H groups in total. The fraction of sp³-hybridized carbons (Fsp3) is 0. The van der Waals surface area contributed by atoms with E-state index in [0.29, 0.717) is 0 Å². The van der Waals surface area contributed by atoms with Crippen LogP contribution in [0, 0.1) is 0 Å². The van der Waals surface area contributed by atoms with Crippen LogP contribution in [0.2, 0.25) is 0 Å². The Labute approximate surface area is 95.0 Å². The number of hydrogen-bond donors (Lipinski definition) is 0. The van der Waals surface area contributed by atoms with Crippen molar-refractivity contribution < 1.29 is 25.0 Å². The molecule has 0 saturated heterocycles. The Morgan fingerprint density at radius 1 is 0.733 bits per heavy atom. The zero-order chi connectivity index (χ0) is 11.2. The summed E-state index contributed by atoms with van der Waals surface area (Å²) < 4.78 is 2.88. The van der Waals surface area contributed by atoms with Gasteiger partial charge in [0.05, 0.1) is 0 Å². The van der Waals surface area contributed by atoms with Gasteiger partial charge in [0.25, 0.3) is 0 Å². The van der Waals surface area contributed by atoms with Crippen LogP contribution in [0.25, 0.3) is 0 Å². The number of rotatable bonds is 0. The van der Waals surface area contributed by atoms with Gasteiger partial charge in [0.2, 0.25) is 0 Å². The molecule has 0 aliphatic rings. The second-order valence-electron chi connectivity index (χ2n) is 2.22. The molecular formula is C12H10O2V-2. The molecule has 2 aromatic carbocycles. The summed E-state index contributed by atoms with van der Waals surface area (Å²) in [5, 5.41) is 0. The Morgan fingerprint density at radius 2 is 1.07 bits per heavy atom. The average molecular weight is 237 g/mol. The molecule has 2 rings (SSSR count). The summed E-state index contributed by atoms with van der Waals surface area (Å²) in [5.74, 6) is 0. The van der Waals surface area contributed by atoms with Crippen LogP contribution < -0.4 is 0 Å². The first-order valence-electron chi connectivity index (χ1n) is 4.19. The molecule has 0 aliphatic heterocycles. The van der Waals surface area contributed by atoms with Crippen LogP contribution in [0.3, 0.4) is 0 Å². The van der Waals surface area contributed by atoms with Gasteiger partial charge in [0.1, 0.15) is 0 Å². The van der Waals surface area contributed by atoms with E-state index >= 15 is 0 Å². The number of hydrogen-bond acceptors (Lipinski definition) is 2. The molecule has 0 aromatic heterocycles. The number of carbonyl (C=O) groups excluding carboxylic acids is 2. The van der Waals surface area contributed by atoms with E-state index in [1.807, 2.05) is 60.7 Å². The summed E-state index contributed by atoms with van der Waals surface area (Å²) in [4.78, 5) is 18.1. The third-order valence-corrected chi connectivity index (χ3v) is 1.49. The van der Waals surface area contributed by atoms with Crippen molar-refractivity contribution in [2.45, 2.75) is 0 Å². The van der Waals surface area contributed by atoms with Gasteiger partial charge in [-0.1, -0.05) is 0 Å². The first kappa shape index (κ1) is 13.4. The van der Waals surface area contributed by atoms with Crippen LogP contribution in [0.15, 0.2) is 60.7 Å². The molecule has 0 unspecified atom stereocenters. The van der Waals surface area contributed by atoms with Crippen molar-refractivity contribution in [2.24, 2.45) is 0 Å². The van der Waals surface area contributed by atoms with Crippen LogP contribution in [0.1, 0.15) is 0 Å². The fourth-order valence-corrected chi connectivity index (χ4v) is 0.718. The van der Waals surface area contributed by atoms with E-state index in [-0.39, 0.29) is 0 Å². The molecule has 0 bridgehead atoms. The Kier molecular flexibility index (Phi) is 11.2. The summed E-state index contributed by atoms with van der Waals surface area (Å²) in [6.45, 7) is 0. The fourth-order valence-electron chi connectivity index (χ4n) is 0.660. The monoisotopic (exact) mass is 237 g/mol. The molecular weight excluding hydrogens is 227 g/mol. The predicted octanol–water partition coefficient (Wildman–Crippen LogP) is 2.01. The van der Waals surface area contributed by atoms with Gasteiger partial charge in [0, 0.05) is 0 Å². The molecule has 0 amide bonds. The maximum absolute atomic E-state index is 9.06. The first-order valence-corrected chi connectivity index (χ1v) is 5.59. The summed E-state index contributed by atoms with van der Waals surface area (Å²) in [6, 6.07) is 20.0. The van der Waals surface area contributed by atoms with Crippen molar-refractivity contribution in [3.8, 4) is 0 Å². The molecule has 0 spiro atoms. The SMILES string of the molecule is O=[C]=[V]=[C]=O.c1cc[cH-]c1.c1cc[cH-]c1. The Hall–Kier alpha value is -1.56. The molecule has 0 heterocycles. The Morgan fingerprint density at radius 3 is 1.13 bits per heavy atom. The zero-order valence-corrected chi connectivity index (χ0v) is 9.43. The van der Waals surface area contributed by atoms with Crippen LogP contribution >= 0.6 is 0 Å². The first-order chi connectivity index (χ1) is 7.41. The van der Waals surface area contributed by atoms with E-state index < -0.39 is 15.4 Å². The van der Waals surface area contributed by atoms with Gasteiger partial charge in [0.15, 0.2) is 0 Å². The minimum absolute atomic E-state index is 0.868. The van der Waals surface area contributed by atoms with Gasteiger partial charge in [-0.25, -0.2) is 24.3 Å². The van der Waals surface area contributed by atoms with Crippen LogP contribution in [-0.4, -0.2) is 9.19 Å². The van der Waals surface area contributed by atoms with E-state index in [1.165, 1.54) is 9.19 Å². The van der Waals surface area contributed by atoms with Crippen molar-refractivity contribution in [1.82, 2.24) is 0 Å². The average Bonchev–Trinajstić information content (AvgIpc) is 2.99. The maximum Gasteiger partial charge on any atom is -0.172 e. The van der Waals surface area contributed by atoms with Crippen molar-refractivity contribution in [3.63, 3.8) is 0 Å². The van der Waals surface area contributed by atoms with Crippen molar-refractivity contribution >= 4 is 9.19 Å². The van der Waals surface area contributed by atoms with Crippen molar-refractivity contribution in [1.29, 1.82) is 0 Å². The van der Waals surface area contributed by atoms with Gasteiger partial charge < -0.3 is 0 Å². The van der Waals surface area contributed by atoms with E-state index in [0.717, 1.165) is 0 Å². The minimum Gasteiger partial charge on any atom is -0.214 e. The van der Waals surface area contributed by atoms with Crippen LogP contribution in [0.4, 0.5) is 0 Å². The molecule has 15 heavy (non-hydrogen) atoms. The van der Waals surface area contributed by atoms with Crippen LogP contribution in [0.5, 0.6) is 0 Å². The molecule has 3 heteroatoms. The smallest absolute Gasteiger partial charge is 0.172 e. The normalized spacial score (nSPS) is 6.40. The quantitative estimate of drug-likeness (QED) is 0.657. The summed E-state index contributed by atoms with van der Waals surface area (Å²) in [5.41, 5.74) is 0. The van der Waals surface area contributed by atoms with E-state index in [4.69, 9.17) is 9.59 Å². The summed E-state index contributed by atoms with van der Waals surface area (Å²) in [6.07, 6.45) is 0. The van der Waals surface area contributed by atoms with E-state index in [1.54, 1.807) is 0 Å². The third kappa shape index (κ3) is 12.4. The second-order valence-corrected chi connectivity index (χ2v) is 3.14. The van der Waals surface area contributed by atoms with Gasteiger partial charge >= 0.3 is 34.2 Å². The van der Waals surface area contributed by atoms with Crippen molar-refractivity contribution in [3.05, 3.63) is 60.7 Å². The minimum atomic E-state index is -0.868. The van der Waals surface area contributed by atoms with Crippen LogP contribution in [-0.2, 0) is 25.0 Å². The molecule has 2 aromatic rings. The van der Waals surface area contributed by atoms with E-state index in [2.05, 4.69) is 0 Å². The molecule has 2 nitrogen and oxygen atoms in total. The van der Waals surface area contributed by atoms with Gasteiger partial charge in [-0.15, -0.1) is 0 Å². The zero-order valence-electron chi connectivity index (χ0n) is 8.04. The summed E-state index contributed by atoms with van der Waals surface area (Å²) >= 11 is -0.868. The Bertz CT molecular complexity index is 326. The molecule has 0 aliphatic carbocycles. The molecule has 0 atom stereocenters.